The number of hydrogen-bond acceptors (Lipinski definition) is 3. The quantitative estimate of drug-likeness (QED) is 0.883. The number of halogens is 1. The Morgan fingerprint density at radius 2 is 2.04 bits per heavy atom. The van der Waals surface area contributed by atoms with Crippen molar-refractivity contribution in [1.29, 1.82) is 0 Å². The van der Waals surface area contributed by atoms with E-state index in [1.807, 2.05) is 32.0 Å². The zero-order chi connectivity index (χ0) is 18.8. The van der Waals surface area contributed by atoms with Gasteiger partial charge in [-0.15, -0.1) is 0 Å². The lowest BCUT2D eigenvalue weighted by Gasteiger charge is -2.20. The second kappa shape index (κ2) is 7.38. The fourth-order valence-corrected chi connectivity index (χ4v) is 3.28. The second-order valence-corrected chi connectivity index (χ2v) is 6.89. The summed E-state index contributed by atoms with van der Waals surface area (Å²) in [5.74, 6) is -0.147. The van der Waals surface area contributed by atoms with Crippen molar-refractivity contribution < 1.29 is 14.3 Å². The number of carbonyl (C=O) groups excluding carboxylic acids is 2. The van der Waals surface area contributed by atoms with E-state index in [1.54, 1.807) is 23.1 Å². The SMILES string of the molecule is COc1ccc(Cl)cc1N1C[C@@H](C(=O)Nc2cccc(C)c2C)CC1=O. The van der Waals surface area contributed by atoms with Crippen molar-refractivity contribution in [2.75, 3.05) is 23.9 Å². The monoisotopic (exact) mass is 372 g/mol. The highest BCUT2D eigenvalue weighted by Crippen LogP contribution is 2.35. The second-order valence-electron chi connectivity index (χ2n) is 6.46. The molecule has 3 rings (SSSR count). The predicted molar refractivity (Wildman–Crippen MR) is 103 cm³/mol. The zero-order valence-corrected chi connectivity index (χ0v) is 15.8. The molecule has 1 saturated heterocycles. The number of aryl methyl sites for hydroxylation is 1. The summed E-state index contributed by atoms with van der Waals surface area (Å²) in [4.78, 5) is 26.7. The van der Waals surface area contributed by atoms with E-state index >= 15 is 0 Å². The van der Waals surface area contributed by atoms with E-state index in [4.69, 9.17) is 16.3 Å². The van der Waals surface area contributed by atoms with Gasteiger partial charge >= 0.3 is 0 Å². The topological polar surface area (TPSA) is 58.6 Å². The van der Waals surface area contributed by atoms with Crippen molar-refractivity contribution in [2.45, 2.75) is 20.3 Å². The van der Waals surface area contributed by atoms with E-state index in [0.717, 1.165) is 16.8 Å². The number of nitrogens with zero attached hydrogens (tertiary/aromatic N) is 1. The van der Waals surface area contributed by atoms with Gasteiger partial charge in [-0.2, -0.15) is 0 Å². The van der Waals surface area contributed by atoms with E-state index in [-0.39, 0.29) is 18.2 Å². The van der Waals surface area contributed by atoms with E-state index in [9.17, 15) is 9.59 Å². The molecule has 5 nitrogen and oxygen atoms in total. The van der Waals surface area contributed by atoms with E-state index in [2.05, 4.69) is 5.32 Å². The number of nitrogens with one attached hydrogen (secondary N) is 1. The smallest absolute Gasteiger partial charge is 0.229 e. The number of methoxy groups -OCH3 is 1. The summed E-state index contributed by atoms with van der Waals surface area (Å²) in [7, 11) is 1.54. The number of anilines is 2. The van der Waals surface area contributed by atoms with Crippen molar-refractivity contribution in [1.82, 2.24) is 0 Å². The lowest BCUT2D eigenvalue weighted by atomic mass is 10.1. The highest BCUT2D eigenvalue weighted by atomic mass is 35.5. The Balaban J connectivity index is 1.78. The molecule has 0 saturated carbocycles. The fraction of sp³-hybridized carbons (Fsp3) is 0.300. The average Bonchev–Trinajstić information content (AvgIpc) is 3.00. The number of ether oxygens (including phenoxy) is 1. The van der Waals surface area contributed by atoms with Crippen molar-refractivity contribution >= 4 is 34.8 Å². The summed E-state index contributed by atoms with van der Waals surface area (Å²) in [5, 5.41) is 3.46. The molecule has 0 radical (unpaired) electrons. The van der Waals surface area contributed by atoms with Crippen LogP contribution in [0.25, 0.3) is 0 Å². The molecule has 6 heteroatoms. The van der Waals surface area contributed by atoms with Crippen LogP contribution in [-0.2, 0) is 9.59 Å². The van der Waals surface area contributed by atoms with E-state index < -0.39 is 5.92 Å². The third kappa shape index (κ3) is 3.53. The van der Waals surface area contributed by atoms with Crippen molar-refractivity contribution in [3.05, 3.63) is 52.5 Å². The van der Waals surface area contributed by atoms with Crippen LogP contribution in [0.3, 0.4) is 0 Å². The number of hydrogen-bond donors (Lipinski definition) is 1. The molecule has 0 unspecified atom stereocenters. The van der Waals surface area contributed by atoms with Gasteiger partial charge in [-0.1, -0.05) is 23.7 Å². The Bertz CT molecular complexity index is 866. The molecule has 1 fully saturated rings. The van der Waals surface area contributed by atoms with E-state index in [1.165, 1.54) is 7.11 Å². The minimum Gasteiger partial charge on any atom is -0.495 e. The standard InChI is InChI=1S/C20H21ClN2O3/c1-12-5-4-6-16(13(12)2)22-20(25)14-9-19(24)23(11-14)17-10-15(21)7-8-18(17)26-3/h4-8,10,14H,9,11H2,1-3H3,(H,22,25)/t14-/m0/s1. The molecule has 2 aromatic rings. The van der Waals surface area contributed by atoms with Gasteiger partial charge in [0.25, 0.3) is 0 Å². The maximum Gasteiger partial charge on any atom is 0.229 e. The third-order valence-electron chi connectivity index (χ3n) is 4.79. The first-order chi connectivity index (χ1) is 12.4. The van der Waals surface area contributed by atoms with Gasteiger partial charge in [-0.3, -0.25) is 9.59 Å². The first-order valence-electron chi connectivity index (χ1n) is 8.41. The molecule has 0 aromatic heterocycles. The number of amides is 2. The van der Waals surface area contributed by atoms with Crippen LogP contribution in [0.5, 0.6) is 5.75 Å². The zero-order valence-electron chi connectivity index (χ0n) is 15.0. The minimum atomic E-state index is -0.425. The minimum absolute atomic E-state index is 0.119. The summed E-state index contributed by atoms with van der Waals surface area (Å²) < 4.78 is 5.33. The first-order valence-corrected chi connectivity index (χ1v) is 8.79. The Morgan fingerprint density at radius 1 is 1.27 bits per heavy atom. The molecule has 1 aliphatic heterocycles. The molecule has 1 N–H and O–H groups in total. The van der Waals surface area contributed by atoms with Crippen molar-refractivity contribution in [3.63, 3.8) is 0 Å². The van der Waals surface area contributed by atoms with Gasteiger partial charge < -0.3 is 15.0 Å². The van der Waals surface area contributed by atoms with Crippen LogP contribution in [0, 0.1) is 19.8 Å². The molecule has 1 aliphatic rings. The Hall–Kier alpha value is -2.53. The molecule has 0 bridgehead atoms. The summed E-state index contributed by atoms with van der Waals surface area (Å²) in [6.45, 7) is 4.26. The summed E-state index contributed by atoms with van der Waals surface area (Å²) in [6.07, 6.45) is 0.159. The summed E-state index contributed by atoms with van der Waals surface area (Å²) in [6, 6.07) is 10.9. The highest BCUT2D eigenvalue weighted by Gasteiger charge is 2.36. The molecule has 0 spiro atoms. The van der Waals surface area contributed by atoms with Gasteiger partial charge in [0, 0.05) is 23.7 Å². The molecule has 1 heterocycles. The van der Waals surface area contributed by atoms with Crippen LogP contribution in [-0.4, -0.2) is 25.5 Å². The van der Waals surface area contributed by atoms with Gasteiger partial charge in [0.15, 0.2) is 0 Å². The van der Waals surface area contributed by atoms with E-state index in [0.29, 0.717) is 23.0 Å². The number of carbonyl (C=O) groups is 2. The van der Waals surface area contributed by atoms with Crippen LogP contribution in [0.15, 0.2) is 36.4 Å². The lowest BCUT2D eigenvalue weighted by molar-refractivity contribution is -0.122. The van der Waals surface area contributed by atoms with Crippen LogP contribution >= 0.6 is 11.6 Å². The summed E-state index contributed by atoms with van der Waals surface area (Å²) in [5.41, 5.74) is 3.50. The van der Waals surface area contributed by atoms with Crippen LogP contribution < -0.4 is 15.0 Å². The van der Waals surface area contributed by atoms with Crippen molar-refractivity contribution in [2.24, 2.45) is 5.92 Å². The molecule has 2 aromatic carbocycles. The van der Waals surface area contributed by atoms with Gasteiger partial charge in [-0.05, 0) is 49.2 Å². The van der Waals surface area contributed by atoms with Gasteiger partial charge in [0.2, 0.25) is 11.8 Å². The molecule has 26 heavy (non-hydrogen) atoms. The maximum atomic E-state index is 12.7. The molecule has 2 amide bonds. The Morgan fingerprint density at radius 3 is 2.77 bits per heavy atom. The number of benzene rings is 2. The Kier molecular flexibility index (Phi) is 5.18. The number of rotatable bonds is 4. The van der Waals surface area contributed by atoms with Crippen LogP contribution in [0.2, 0.25) is 5.02 Å². The molecule has 0 aliphatic carbocycles. The third-order valence-corrected chi connectivity index (χ3v) is 5.03. The molecular weight excluding hydrogens is 352 g/mol. The van der Waals surface area contributed by atoms with Crippen LogP contribution in [0.1, 0.15) is 17.5 Å². The van der Waals surface area contributed by atoms with Crippen molar-refractivity contribution in [3.8, 4) is 5.75 Å². The Labute approximate surface area is 157 Å². The largest absolute Gasteiger partial charge is 0.495 e. The normalized spacial score (nSPS) is 16.7. The van der Waals surface area contributed by atoms with Gasteiger partial charge in [0.1, 0.15) is 5.75 Å². The molecular formula is C20H21ClN2O3. The predicted octanol–water partition coefficient (Wildman–Crippen LogP) is 3.96. The highest BCUT2D eigenvalue weighted by molar-refractivity contribution is 6.31. The lowest BCUT2D eigenvalue weighted by Crippen LogP contribution is -2.28. The van der Waals surface area contributed by atoms with Crippen LogP contribution in [0.4, 0.5) is 11.4 Å². The first kappa shape index (κ1) is 18.3. The van der Waals surface area contributed by atoms with Gasteiger partial charge in [-0.25, -0.2) is 0 Å². The maximum absolute atomic E-state index is 12.7. The fourth-order valence-electron chi connectivity index (χ4n) is 3.11. The van der Waals surface area contributed by atoms with Gasteiger partial charge in [0.05, 0.1) is 18.7 Å². The molecule has 136 valence electrons. The molecule has 1 atom stereocenters. The average molecular weight is 373 g/mol. The summed E-state index contributed by atoms with van der Waals surface area (Å²) >= 11 is 6.07.